The number of benzene rings is 1. The van der Waals surface area contributed by atoms with Gasteiger partial charge in [-0.1, -0.05) is 0 Å². The van der Waals surface area contributed by atoms with E-state index in [9.17, 15) is 4.79 Å². The third kappa shape index (κ3) is 5.32. The number of amides is 1. The summed E-state index contributed by atoms with van der Waals surface area (Å²) >= 11 is 0. The van der Waals surface area contributed by atoms with Crippen LogP contribution in [0.3, 0.4) is 0 Å². The van der Waals surface area contributed by atoms with E-state index < -0.39 is 5.60 Å². The number of hydrogen-bond acceptors (Lipinski definition) is 6. The van der Waals surface area contributed by atoms with Crippen LogP contribution in [0.5, 0.6) is 11.6 Å². The maximum Gasteiger partial charge on any atom is 0.410 e. The molecule has 1 aromatic carbocycles. The van der Waals surface area contributed by atoms with E-state index in [1.807, 2.05) is 61.9 Å². The van der Waals surface area contributed by atoms with Crippen LogP contribution in [0.4, 0.5) is 4.79 Å². The molecule has 1 amide bonds. The first-order chi connectivity index (χ1) is 16.3. The van der Waals surface area contributed by atoms with Crippen molar-refractivity contribution in [1.82, 2.24) is 19.7 Å². The second kappa shape index (κ2) is 9.75. The van der Waals surface area contributed by atoms with Gasteiger partial charge in [0.1, 0.15) is 11.4 Å². The third-order valence-corrected chi connectivity index (χ3v) is 5.85. The normalized spacial score (nSPS) is 14.7. The van der Waals surface area contributed by atoms with Gasteiger partial charge in [0, 0.05) is 36.8 Å². The average Bonchev–Trinajstić information content (AvgIpc) is 3.29. The second-order valence-electron chi connectivity index (χ2n) is 9.40. The van der Waals surface area contributed by atoms with Gasteiger partial charge in [0.2, 0.25) is 5.88 Å². The summed E-state index contributed by atoms with van der Waals surface area (Å²) in [6.07, 6.45) is 3.21. The molecule has 0 N–H and O–H groups in total. The summed E-state index contributed by atoms with van der Waals surface area (Å²) in [6.45, 7) is 6.96. The van der Waals surface area contributed by atoms with Crippen LogP contribution in [0, 0.1) is 0 Å². The molecule has 0 atom stereocenters. The number of ether oxygens (including phenoxy) is 3. The Bertz CT molecular complexity index is 1040. The fourth-order valence-corrected chi connectivity index (χ4v) is 4.06. The highest BCUT2D eigenvalue weighted by atomic mass is 16.6. The van der Waals surface area contributed by atoms with Crippen LogP contribution < -0.4 is 9.47 Å². The fourth-order valence-electron chi connectivity index (χ4n) is 4.06. The Morgan fingerprint density at radius 2 is 1.71 bits per heavy atom. The van der Waals surface area contributed by atoms with E-state index in [1.165, 1.54) is 0 Å². The zero-order valence-electron chi connectivity index (χ0n) is 20.4. The van der Waals surface area contributed by atoms with Crippen molar-refractivity contribution in [3.8, 4) is 28.6 Å². The van der Waals surface area contributed by atoms with Crippen LogP contribution in [-0.4, -0.2) is 58.7 Å². The number of carbonyl (C=O) groups excluding carboxylic acids is 1. The third-order valence-electron chi connectivity index (χ3n) is 5.85. The van der Waals surface area contributed by atoms with Crippen molar-refractivity contribution >= 4 is 6.09 Å². The smallest absolute Gasteiger partial charge is 0.410 e. The molecule has 0 saturated carbocycles. The minimum absolute atomic E-state index is 0.250. The van der Waals surface area contributed by atoms with Gasteiger partial charge in [0.25, 0.3) is 0 Å². The van der Waals surface area contributed by atoms with Crippen molar-refractivity contribution < 1.29 is 19.0 Å². The molecular formula is C26H32N4O4. The molecule has 4 rings (SSSR count). The SMILES string of the molecule is COc1ccc(-n2nc(C3CCN(C(=O)OC(C)(C)C)CC3)cc2-c2ccc(OC)nc2)cc1. The molecule has 1 fully saturated rings. The van der Waals surface area contributed by atoms with Gasteiger partial charge in [0.05, 0.1) is 31.3 Å². The Morgan fingerprint density at radius 1 is 1.00 bits per heavy atom. The highest BCUT2D eigenvalue weighted by Crippen LogP contribution is 2.33. The lowest BCUT2D eigenvalue weighted by atomic mass is 9.93. The molecule has 1 aliphatic heterocycles. The summed E-state index contributed by atoms with van der Waals surface area (Å²) in [7, 11) is 3.25. The van der Waals surface area contributed by atoms with E-state index in [2.05, 4.69) is 11.1 Å². The molecule has 0 unspecified atom stereocenters. The Kier molecular flexibility index (Phi) is 6.77. The summed E-state index contributed by atoms with van der Waals surface area (Å²) in [5, 5.41) is 4.99. The molecule has 0 spiro atoms. The first kappa shape index (κ1) is 23.6. The molecule has 34 heavy (non-hydrogen) atoms. The number of nitrogens with zero attached hydrogens (tertiary/aromatic N) is 4. The molecular weight excluding hydrogens is 432 g/mol. The number of aromatic nitrogens is 3. The molecule has 8 nitrogen and oxygen atoms in total. The van der Waals surface area contributed by atoms with Crippen molar-refractivity contribution in [2.24, 2.45) is 0 Å². The van der Waals surface area contributed by atoms with Crippen molar-refractivity contribution in [3.05, 3.63) is 54.4 Å². The summed E-state index contributed by atoms with van der Waals surface area (Å²) in [5.74, 6) is 1.61. The number of rotatable bonds is 5. The molecule has 1 saturated heterocycles. The van der Waals surface area contributed by atoms with E-state index in [1.54, 1.807) is 25.3 Å². The van der Waals surface area contributed by atoms with Gasteiger partial charge in [-0.2, -0.15) is 5.10 Å². The van der Waals surface area contributed by atoms with E-state index in [-0.39, 0.29) is 12.0 Å². The average molecular weight is 465 g/mol. The number of carbonyl (C=O) groups is 1. The standard InChI is InChI=1S/C26H32N4O4/c1-26(2,3)34-25(31)29-14-12-18(13-15-29)22-16-23(19-6-11-24(33-5)27-17-19)30(28-22)20-7-9-21(32-4)10-8-20/h6-11,16-18H,12-15H2,1-5H3. The molecule has 2 aromatic heterocycles. The molecule has 3 heterocycles. The molecule has 3 aromatic rings. The van der Waals surface area contributed by atoms with E-state index in [0.29, 0.717) is 19.0 Å². The number of likely N-dealkylation sites (tertiary alicyclic amines) is 1. The lowest BCUT2D eigenvalue weighted by Gasteiger charge is -2.32. The zero-order valence-corrected chi connectivity index (χ0v) is 20.4. The van der Waals surface area contributed by atoms with Crippen molar-refractivity contribution in [2.75, 3.05) is 27.3 Å². The first-order valence-electron chi connectivity index (χ1n) is 11.5. The van der Waals surface area contributed by atoms with Gasteiger partial charge in [0.15, 0.2) is 0 Å². The van der Waals surface area contributed by atoms with Crippen LogP contribution >= 0.6 is 0 Å². The minimum Gasteiger partial charge on any atom is -0.497 e. The van der Waals surface area contributed by atoms with Crippen molar-refractivity contribution in [3.63, 3.8) is 0 Å². The Labute approximate surface area is 200 Å². The predicted octanol–water partition coefficient (Wildman–Crippen LogP) is 5.07. The van der Waals surface area contributed by atoms with Gasteiger partial charge in [-0.05, 0) is 70.0 Å². The number of piperidine rings is 1. The van der Waals surface area contributed by atoms with Crippen molar-refractivity contribution in [2.45, 2.75) is 45.1 Å². The van der Waals surface area contributed by atoms with Crippen LogP contribution in [-0.2, 0) is 4.74 Å². The lowest BCUT2D eigenvalue weighted by molar-refractivity contribution is 0.0204. The monoisotopic (exact) mass is 464 g/mol. The Balaban J connectivity index is 1.60. The van der Waals surface area contributed by atoms with Gasteiger partial charge in [-0.25, -0.2) is 14.5 Å². The first-order valence-corrected chi connectivity index (χ1v) is 11.5. The largest absolute Gasteiger partial charge is 0.497 e. The molecule has 0 aliphatic carbocycles. The molecule has 0 radical (unpaired) electrons. The summed E-state index contributed by atoms with van der Waals surface area (Å²) in [6, 6.07) is 13.8. The highest BCUT2D eigenvalue weighted by molar-refractivity contribution is 5.68. The van der Waals surface area contributed by atoms with Crippen LogP contribution in [0.2, 0.25) is 0 Å². The molecule has 0 bridgehead atoms. The van der Waals surface area contributed by atoms with Crippen LogP contribution in [0.15, 0.2) is 48.7 Å². The number of hydrogen-bond donors (Lipinski definition) is 0. The van der Waals surface area contributed by atoms with Gasteiger partial charge in [-0.3, -0.25) is 0 Å². The Hall–Kier alpha value is -3.55. The second-order valence-corrected chi connectivity index (χ2v) is 9.40. The summed E-state index contributed by atoms with van der Waals surface area (Å²) in [4.78, 5) is 18.6. The number of methoxy groups -OCH3 is 2. The van der Waals surface area contributed by atoms with E-state index in [0.717, 1.165) is 41.2 Å². The predicted molar refractivity (Wildman–Crippen MR) is 130 cm³/mol. The van der Waals surface area contributed by atoms with E-state index >= 15 is 0 Å². The topological polar surface area (TPSA) is 78.7 Å². The van der Waals surface area contributed by atoms with Gasteiger partial charge < -0.3 is 19.1 Å². The van der Waals surface area contributed by atoms with Crippen LogP contribution in [0.25, 0.3) is 16.9 Å². The van der Waals surface area contributed by atoms with Gasteiger partial charge in [-0.15, -0.1) is 0 Å². The quantitative estimate of drug-likeness (QED) is 0.525. The summed E-state index contributed by atoms with van der Waals surface area (Å²) < 4.78 is 18.0. The summed E-state index contributed by atoms with van der Waals surface area (Å²) in [5.41, 5.74) is 3.34. The molecule has 180 valence electrons. The maximum absolute atomic E-state index is 12.4. The fraction of sp³-hybridized carbons (Fsp3) is 0.423. The lowest BCUT2D eigenvalue weighted by Crippen LogP contribution is -2.41. The molecule has 8 heteroatoms. The minimum atomic E-state index is -0.494. The van der Waals surface area contributed by atoms with Crippen LogP contribution in [0.1, 0.15) is 45.2 Å². The zero-order chi connectivity index (χ0) is 24.3. The highest BCUT2D eigenvalue weighted by Gasteiger charge is 2.29. The molecule has 1 aliphatic rings. The van der Waals surface area contributed by atoms with E-state index in [4.69, 9.17) is 19.3 Å². The maximum atomic E-state index is 12.4. The van der Waals surface area contributed by atoms with Crippen molar-refractivity contribution in [1.29, 1.82) is 0 Å². The Morgan fingerprint density at radius 3 is 2.26 bits per heavy atom. The van der Waals surface area contributed by atoms with Gasteiger partial charge >= 0.3 is 6.09 Å². The number of pyridine rings is 1.